The minimum Gasteiger partial charge on any atom is -0.481 e. The molecule has 134 valence electrons. The Bertz CT molecular complexity index is 711. The van der Waals surface area contributed by atoms with Crippen LogP contribution in [0.4, 0.5) is 14.9 Å². The summed E-state index contributed by atoms with van der Waals surface area (Å²) in [6, 6.07) is 3.66. The van der Waals surface area contributed by atoms with Gasteiger partial charge < -0.3 is 20.1 Å². The summed E-state index contributed by atoms with van der Waals surface area (Å²) in [5.41, 5.74) is 0.295. The summed E-state index contributed by atoms with van der Waals surface area (Å²) in [6.45, 7) is 1.46. The number of halogens is 1. The summed E-state index contributed by atoms with van der Waals surface area (Å²) >= 11 is 0. The van der Waals surface area contributed by atoms with E-state index in [0.717, 1.165) is 6.07 Å². The van der Waals surface area contributed by atoms with E-state index in [4.69, 9.17) is 9.84 Å². The number of carbonyl (C=O) groups is 3. The van der Waals surface area contributed by atoms with Crippen LogP contribution in [-0.4, -0.2) is 66.8 Å². The molecule has 0 saturated carbocycles. The van der Waals surface area contributed by atoms with Crippen LogP contribution in [-0.2, 0) is 9.53 Å². The van der Waals surface area contributed by atoms with Gasteiger partial charge in [-0.1, -0.05) is 0 Å². The zero-order valence-electron chi connectivity index (χ0n) is 13.4. The van der Waals surface area contributed by atoms with Crippen molar-refractivity contribution in [1.82, 2.24) is 10.2 Å². The van der Waals surface area contributed by atoms with Gasteiger partial charge in [-0.25, -0.2) is 9.18 Å². The van der Waals surface area contributed by atoms with Crippen LogP contribution in [0.3, 0.4) is 0 Å². The van der Waals surface area contributed by atoms with E-state index < -0.39 is 23.8 Å². The Morgan fingerprint density at radius 1 is 1.36 bits per heavy atom. The molecule has 2 fully saturated rings. The molecule has 1 aromatic rings. The lowest BCUT2D eigenvalue weighted by molar-refractivity contribution is -0.141. The third-order valence-corrected chi connectivity index (χ3v) is 4.18. The number of nitrogens with one attached hydrogen (secondary N) is 1. The first kappa shape index (κ1) is 17.2. The van der Waals surface area contributed by atoms with Crippen molar-refractivity contribution in [3.05, 3.63) is 29.6 Å². The molecule has 2 aliphatic rings. The van der Waals surface area contributed by atoms with Gasteiger partial charge >= 0.3 is 12.0 Å². The van der Waals surface area contributed by atoms with Crippen LogP contribution >= 0.6 is 0 Å². The Labute approximate surface area is 143 Å². The van der Waals surface area contributed by atoms with E-state index in [2.05, 4.69) is 5.32 Å². The number of amides is 3. The molecule has 0 unspecified atom stereocenters. The second kappa shape index (κ2) is 7.06. The van der Waals surface area contributed by atoms with Gasteiger partial charge in [-0.3, -0.25) is 14.5 Å². The Balaban J connectivity index is 1.79. The number of aliphatic carboxylic acids is 1. The summed E-state index contributed by atoms with van der Waals surface area (Å²) in [4.78, 5) is 38.0. The number of rotatable bonds is 4. The average molecular weight is 351 g/mol. The monoisotopic (exact) mass is 351 g/mol. The Morgan fingerprint density at radius 2 is 2.16 bits per heavy atom. The van der Waals surface area contributed by atoms with E-state index in [9.17, 15) is 18.8 Å². The number of anilines is 1. The minimum atomic E-state index is -1.02. The van der Waals surface area contributed by atoms with Crippen LogP contribution in [0.5, 0.6) is 0 Å². The molecular weight excluding hydrogens is 333 g/mol. The molecule has 0 aliphatic carbocycles. The lowest BCUT2D eigenvalue weighted by atomic mass is 10.1. The summed E-state index contributed by atoms with van der Waals surface area (Å²) < 4.78 is 19.5. The maximum atomic E-state index is 14.2. The van der Waals surface area contributed by atoms with Crippen molar-refractivity contribution in [2.24, 2.45) is 0 Å². The van der Waals surface area contributed by atoms with Gasteiger partial charge in [-0.2, -0.15) is 0 Å². The van der Waals surface area contributed by atoms with Gasteiger partial charge in [0.2, 0.25) is 0 Å². The maximum absolute atomic E-state index is 14.2. The Kier molecular flexibility index (Phi) is 4.84. The van der Waals surface area contributed by atoms with Gasteiger partial charge in [0.25, 0.3) is 5.91 Å². The molecule has 3 amide bonds. The predicted molar refractivity (Wildman–Crippen MR) is 85.0 cm³/mol. The number of nitrogens with zero attached hydrogens (tertiary/aromatic N) is 2. The van der Waals surface area contributed by atoms with Crippen LogP contribution in [0.1, 0.15) is 16.8 Å². The first-order valence-electron chi connectivity index (χ1n) is 7.93. The number of benzene rings is 1. The van der Waals surface area contributed by atoms with Crippen molar-refractivity contribution in [3.8, 4) is 0 Å². The van der Waals surface area contributed by atoms with E-state index >= 15 is 0 Å². The van der Waals surface area contributed by atoms with E-state index in [1.165, 1.54) is 21.9 Å². The van der Waals surface area contributed by atoms with Gasteiger partial charge in [0, 0.05) is 31.9 Å². The standard InChI is InChI=1S/C16H18FN3O5/c17-13-2-1-10(20-4-3-18-16(20)24)7-12(13)15(23)19-5-6-25-11(9-19)8-14(21)22/h1-2,7,11H,3-6,8-9H2,(H,18,24)(H,21,22)/t11-/m1/s1. The van der Waals surface area contributed by atoms with E-state index in [1.807, 2.05) is 0 Å². The largest absolute Gasteiger partial charge is 0.481 e. The summed E-state index contributed by atoms with van der Waals surface area (Å²) in [5.74, 6) is -2.25. The highest BCUT2D eigenvalue weighted by Gasteiger charge is 2.29. The quantitative estimate of drug-likeness (QED) is 0.831. The molecule has 2 N–H and O–H groups in total. The first-order chi connectivity index (χ1) is 12.0. The fourth-order valence-electron chi connectivity index (χ4n) is 2.96. The number of morpholine rings is 1. The smallest absolute Gasteiger partial charge is 0.321 e. The van der Waals surface area contributed by atoms with Crippen LogP contribution < -0.4 is 10.2 Å². The third kappa shape index (κ3) is 3.71. The number of carboxylic acid groups (broad SMARTS) is 1. The molecule has 0 spiro atoms. The van der Waals surface area contributed by atoms with Gasteiger partial charge in [-0.05, 0) is 18.2 Å². The summed E-state index contributed by atoms with van der Waals surface area (Å²) in [6.07, 6.45) is -0.842. The molecule has 8 nitrogen and oxygen atoms in total. The molecule has 2 saturated heterocycles. The zero-order chi connectivity index (χ0) is 18.0. The molecule has 1 aromatic carbocycles. The lowest BCUT2D eigenvalue weighted by Gasteiger charge is -2.32. The van der Waals surface area contributed by atoms with E-state index in [1.54, 1.807) is 0 Å². The SMILES string of the molecule is O=C(O)C[C@@H]1CN(C(=O)c2cc(N3CCNC3=O)ccc2F)CCO1. The van der Waals surface area contributed by atoms with Crippen LogP contribution in [0.25, 0.3) is 0 Å². The first-order valence-corrected chi connectivity index (χ1v) is 7.93. The normalized spacial score (nSPS) is 20.5. The van der Waals surface area contributed by atoms with Gasteiger partial charge in [-0.15, -0.1) is 0 Å². The van der Waals surface area contributed by atoms with Crippen molar-refractivity contribution < 1.29 is 28.6 Å². The maximum Gasteiger partial charge on any atom is 0.321 e. The van der Waals surface area contributed by atoms with Gasteiger partial charge in [0.1, 0.15) is 5.82 Å². The second-order valence-corrected chi connectivity index (χ2v) is 5.89. The van der Waals surface area contributed by atoms with Gasteiger partial charge in [0.15, 0.2) is 0 Å². The Morgan fingerprint density at radius 3 is 2.84 bits per heavy atom. The molecule has 3 rings (SSSR count). The molecule has 2 heterocycles. The summed E-state index contributed by atoms with van der Waals surface area (Å²) in [7, 11) is 0. The van der Waals surface area contributed by atoms with E-state index in [-0.39, 0.29) is 37.7 Å². The van der Waals surface area contributed by atoms with E-state index in [0.29, 0.717) is 18.8 Å². The number of hydrogen-bond acceptors (Lipinski definition) is 4. The van der Waals surface area contributed by atoms with Crippen molar-refractivity contribution in [2.75, 3.05) is 37.7 Å². The fraction of sp³-hybridized carbons (Fsp3) is 0.438. The molecule has 0 bridgehead atoms. The highest BCUT2D eigenvalue weighted by Crippen LogP contribution is 2.22. The highest BCUT2D eigenvalue weighted by atomic mass is 19.1. The Hall–Kier alpha value is -2.68. The molecule has 25 heavy (non-hydrogen) atoms. The third-order valence-electron chi connectivity index (χ3n) is 4.18. The lowest BCUT2D eigenvalue weighted by Crippen LogP contribution is -2.46. The van der Waals surface area contributed by atoms with Crippen molar-refractivity contribution in [3.63, 3.8) is 0 Å². The van der Waals surface area contributed by atoms with Crippen LogP contribution in [0, 0.1) is 5.82 Å². The van der Waals surface area contributed by atoms with Crippen molar-refractivity contribution in [2.45, 2.75) is 12.5 Å². The number of carboxylic acids is 1. The molecule has 1 atom stereocenters. The second-order valence-electron chi connectivity index (χ2n) is 5.89. The molecule has 9 heteroatoms. The molecule has 0 radical (unpaired) electrons. The number of ether oxygens (including phenoxy) is 1. The highest BCUT2D eigenvalue weighted by molar-refractivity contribution is 5.98. The fourth-order valence-corrected chi connectivity index (χ4v) is 2.96. The van der Waals surface area contributed by atoms with Crippen molar-refractivity contribution >= 4 is 23.6 Å². The predicted octanol–water partition coefficient (Wildman–Crippen LogP) is 0.671. The van der Waals surface area contributed by atoms with Crippen LogP contribution in [0.2, 0.25) is 0 Å². The minimum absolute atomic E-state index is 0.0823. The van der Waals surface area contributed by atoms with Crippen LogP contribution in [0.15, 0.2) is 18.2 Å². The molecule has 2 aliphatic heterocycles. The number of hydrogen-bond donors (Lipinski definition) is 2. The summed E-state index contributed by atoms with van der Waals surface area (Å²) in [5, 5.41) is 11.5. The average Bonchev–Trinajstić information content (AvgIpc) is 3.00. The number of carbonyl (C=O) groups excluding carboxylic acids is 2. The van der Waals surface area contributed by atoms with Crippen molar-refractivity contribution in [1.29, 1.82) is 0 Å². The number of urea groups is 1. The molecular formula is C16H18FN3O5. The topological polar surface area (TPSA) is 99.2 Å². The zero-order valence-corrected chi connectivity index (χ0v) is 13.4. The van der Waals surface area contributed by atoms with Gasteiger partial charge in [0.05, 0.1) is 24.7 Å². The molecule has 0 aromatic heterocycles.